The Morgan fingerprint density at radius 1 is 1.21 bits per heavy atom. The summed E-state index contributed by atoms with van der Waals surface area (Å²) in [5.41, 5.74) is 6.23. The number of aromatic hydroxyl groups is 1. The van der Waals surface area contributed by atoms with E-state index in [0.717, 1.165) is 23.1 Å². The van der Waals surface area contributed by atoms with E-state index in [4.69, 9.17) is 4.74 Å². The monoisotopic (exact) mass is 397 g/mol. The maximum absolute atomic E-state index is 12.7. The Bertz CT molecular complexity index is 921. The van der Waals surface area contributed by atoms with Gasteiger partial charge in [-0.25, -0.2) is 4.79 Å². The van der Waals surface area contributed by atoms with E-state index >= 15 is 0 Å². The number of aldehydes is 1. The predicted octanol–water partition coefficient (Wildman–Crippen LogP) is 4.55. The lowest BCUT2D eigenvalue weighted by Crippen LogP contribution is -2.46. The molecular weight excluding hydrogens is 370 g/mol. The normalized spacial score (nSPS) is 13.1. The first-order valence-corrected chi connectivity index (χ1v) is 9.70. The number of para-hydroxylation sites is 2. The molecule has 2 aromatic rings. The molecule has 2 N–H and O–H groups in total. The Balaban J connectivity index is 2.14. The molecule has 0 spiro atoms. The lowest BCUT2D eigenvalue weighted by Gasteiger charge is -2.31. The third-order valence-corrected chi connectivity index (χ3v) is 4.74. The van der Waals surface area contributed by atoms with Gasteiger partial charge in [-0.3, -0.25) is 5.43 Å². The van der Waals surface area contributed by atoms with Crippen LogP contribution >= 0.6 is 0 Å². The van der Waals surface area contributed by atoms with Crippen molar-refractivity contribution < 1.29 is 19.4 Å². The summed E-state index contributed by atoms with van der Waals surface area (Å²) in [5, 5.41) is 14.0. The smallest absolute Gasteiger partial charge is 0.435 e. The number of carbonyl (C=O) groups is 2. The van der Waals surface area contributed by atoms with E-state index in [1.165, 1.54) is 10.1 Å². The maximum atomic E-state index is 12.7. The predicted molar refractivity (Wildman–Crippen MR) is 113 cm³/mol. The number of carbonyl (C=O) groups excluding carboxylic acids is 2. The van der Waals surface area contributed by atoms with Gasteiger partial charge in [0.15, 0.2) is 0 Å². The SMILES string of the molecule is CCOC(=O)N1c2ccccc2NN1c1cc(CCC=O)cc(C(C)(C)C)c1O. The van der Waals surface area contributed by atoms with Crippen LogP contribution in [0.3, 0.4) is 0 Å². The molecule has 154 valence electrons. The number of nitrogens with one attached hydrogen (secondary N) is 1. The molecule has 0 radical (unpaired) electrons. The van der Waals surface area contributed by atoms with E-state index in [2.05, 4.69) is 5.43 Å². The number of aryl methyl sites for hydroxylation is 1. The average molecular weight is 397 g/mol. The third kappa shape index (κ3) is 3.99. The topological polar surface area (TPSA) is 82.1 Å². The lowest BCUT2D eigenvalue weighted by atomic mass is 9.84. The van der Waals surface area contributed by atoms with Crippen molar-refractivity contribution >= 4 is 29.4 Å². The first-order valence-electron chi connectivity index (χ1n) is 9.70. The van der Waals surface area contributed by atoms with Crippen molar-refractivity contribution in [1.82, 2.24) is 0 Å². The second-order valence-corrected chi connectivity index (χ2v) is 7.92. The number of phenols is 1. The molecule has 29 heavy (non-hydrogen) atoms. The van der Waals surface area contributed by atoms with Crippen LogP contribution in [0.25, 0.3) is 0 Å². The van der Waals surface area contributed by atoms with Gasteiger partial charge in [-0.05, 0) is 42.5 Å². The van der Waals surface area contributed by atoms with Crippen LogP contribution in [-0.2, 0) is 21.4 Å². The summed E-state index contributed by atoms with van der Waals surface area (Å²) in [4.78, 5) is 23.6. The minimum atomic E-state index is -0.556. The van der Waals surface area contributed by atoms with Gasteiger partial charge in [0.25, 0.3) is 0 Å². The number of anilines is 3. The summed E-state index contributed by atoms with van der Waals surface area (Å²) in [6, 6.07) is 11.0. The molecule has 1 aliphatic heterocycles. The largest absolute Gasteiger partial charge is 0.505 e. The molecule has 0 unspecified atom stereocenters. The molecule has 0 saturated heterocycles. The van der Waals surface area contributed by atoms with E-state index in [-0.39, 0.29) is 17.8 Å². The Labute approximate surface area is 170 Å². The highest BCUT2D eigenvalue weighted by Crippen LogP contribution is 2.44. The zero-order valence-corrected chi connectivity index (χ0v) is 17.2. The van der Waals surface area contributed by atoms with Crippen LogP contribution in [0.4, 0.5) is 21.9 Å². The standard InChI is InChI=1S/C22H27N3O4/c1-5-29-21(28)24-18-11-7-6-10-17(18)23-25(24)19-14-15(9-8-12-26)13-16(20(19)27)22(2,3)4/h6-7,10-14,23,27H,5,8-9H2,1-4H3. The van der Waals surface area contributed by atoms with Gasteiger partial charge >= 0.3 is 6.09 Å². The summed E-state index contributed by atoms with van der Waals surface area (Å²) in [7, 11) is 0. The molecular formula is C22H27N3O4. The van der Waals surface area contributed by atoms with Gasteiger partial charge in [-0.1, -0.05) is 39.0 Å². The number of phenolic OH excluding ortho intramolecular Hbond substituents is 1. The zero-order valence-electron chi connectivity index (χ0n) is 17.2. The van der Waals surface area contributed by atoms with Gasteiger partial charge in [-0.15, -0.1) is 0 Å². The van der Waals surface area contributed by atoms with E-state index in [9.17, 15) is 14.7 Å². The molecule has 2 aromatic carbocycles. The summed E-state index contributed by atoms with van der Waals surface area (Å²) in [6.45, 7) is 7.98. The van der Waals surface area contributed by atoms with Crippen LogP contribution in [-0.4, -0.2) is 24.1 Å². The molecule has 0 bridgehead atoms. The molecule has 0 saturated carbocycles. The number of hydrogen-bond donors (Lipinski definition) is 2. The molecule has 3 rings (SSSR count). The van der Waals surface area contributed by atoms with E-state index < -0.39 is 6.09 Å². The summed E-state index contributed by atoms with van der Waals surface area (Å²) in [6.07, 6.45) is 1.24. The Hall–Kier alpha value is -3.22. The minimum Gasteiger partial charge on any atom is -0.505 e. The summed E-state index contributed by atoms with van der Waals surface area (Å²) >= 11 is 0. The van der Waals surface area contributed by atoms with Gasteiger partial charge in [0.2, 0.25) is 0 Å². The van der Waals surface area contributed by atoms with Crippen LogP contribution in [0.2, 0.25) is 0 Å². The first-order chi connectivity index (χ1) is 13.8. The average Bonchev–Trinajstić information content (AvgIpc) is 3.05. The summed E-state index contributed by atoms with van der Waals surface area (Å²) in [5.74, 6) is 0.0713. The fourth-order valence-electron chi connectivity index (χ4n) is 3.34. The fourth-order valence-corrected chi connectivity index (χ4v) is 3.34. The number of rotatable bonds is 5. The van der Waals surface area contributed by atoms with E-state index in [1.54, 1.807) is 19.1 Å². The van der Waals surface area contributed by atoms with Gasteiger partial charge < -0.3 is 14.6 Å². The van der Waals surface area contributed by atoms with Crippen molar-refractivity contribution in [1.29, 1.82) is 0 Å². The van der Waals surface area contributed by atoms with Crippen molar-refractivity contribution in [3.05, 3.63) is 47.5 Å². The zero-order chi connectivity index (χ0) is 21.2. The van der Waals surface area contributed by atoms with Crippen LogP contribution < -0.4 is 15.6 Å². The Kier molecular flexibility index (Phi) is 5.68. The molecule has 7 nitrogen and oxygen atoms in total. The summed E-state index contributed by atoms with van der Waals surface area (Å²) < 4.78 is 5.24. The molecule has 1 aliphatic rings. The number of amides is 1. The van der Waals surface area contributed by atoms with Crippen LogP contribution in [0.1, 0.15) is 45.2 Å². The van der Waals surface area contributed by atoms with E-state index in [0.29, 0.717) is 24.2 Å². The highest BCUT2D eigenvalue weighted by molar-refractivity contribution is 5.99. The van der Waals surface area contributed by atoms with Crippen molar-refractivity contribution in [3.8, 4) is 5.75 Å². The molecule has 0 fully saturated rings. The van der Waals surface area contributed by atoms with E-state index in [1.807, 2.05) is 45.0 Å². The number of hydrogen-bond acceptors (Lipinski definition) is 6. The highest BCUT2D eigenvalue weighted by Gasteiger charge is 2.36. The minimum absolute atomic E-state index is 0.0713. The third-order valence-electron chi connectivity index (χ3n) is 4.74. The number of benzene rings is 2. The second-order valence-electron chi connectivity index (χ2n) is 7.92. The fraction of sp³-hybridized carbons (Fsp3) is 0.364. The second kappa shape index (κ2) is 8.03. The Morgan fingerprint density at radius 3 is 2.59 bits per heavy atom. The lowest BCUT2D eigenvalue weighted by molar-refractivity contribution is -0.107. The van der Waals surface area contributed by atoms with Gasteiger partial charge in [0.1, 0.15) is 17.7 Å². The highest BCUT2D eigenvalue weighted by atomic mass is 16.6. The number of ether oxygens (including phenoxy) is 1. The van der Waals surface area contributed by atoms with Gasteiger partial charge in [0, 0.05) is 12.0 Å². The molecule has 7 heteroatoms. The molecule has 1 heterocycles. The molecule has 0 atom stereocenters. The Morgan fingerprint density at radius 2 is 1.93 bits per heavy atom. The number of hydrazine groups is 2. The maximum Gasteiger partial charge on any atom is 0.435 e. The van der Waals surface area contributed by atoms with Crippen LogP contribution in [0, 0.1) is 0 Å². The quantitative estimate of drug-likeness (QED) is 0.721. The van der Waals surface area contributed by atoms with Crippen LogP contribution in [0.5, 0.6) is 5.75 Å². The molecule has 0 aliphatic carbocycles. The van der Waals surface area contributed by atoms with Crippen molar-refractivity contribution in [2.75, 3.05) is 22.2 Å². The van der Waals surface area contributed by atoms with Crippen molar-refractivity contribution in [2.45, 2.75) is 46.0 Å². The van der Waals surface area contributed by atoms with Gasteiger partial charge in [0.05, 0.1) is 18.0 Å². The molecule has 1 amide bonds. The first kappa shape index (κ1) is 20.5. The van der Waals surface area contributed by atoms with Gasteiger partial charge in [-0.2, -0.15) is 10.1 Å². The van der Waals surface area contributed by atoms with Crippen LogP contribution in [0.15, 0.2) is 36.4 Å². The van der Waals surface area contributed by atoms with Crippen molar-refractivity contribution in [3.63, 3.8) is 0 Å². The number of fused-ring (bicyclic) bond motifs is 1. The molecule has 0 aromatic heterocycles. The van der Waals surface area contributed by atoms with Crippen molar-refractivity contribution in [2.24, 2.45) is 0 Å². The number of nitrogens with zero attached hydrogens (tertiary/aromatic N) is 2.